The van der Waals surface area contributed by atoms with E-state index in [0.717, 1.165) is 4.88 Å². The highest BCUT2D eigenvalue weighted by Gasteiger charge is 2.19. The topological polar surface area (TPSA) is 75.5 Å². The first kappa shape index (κ1) is 17.4. The Balaban J connectivity index is 2.12. The zero-order valence-electron chi connectivity index (χ0n) is 12.7. The fourth-order valence-corrected chi connectivity index (χ4v) is 3.23. The first-order valence-electron chi connectivity index (χ1n) is 6.82. The van der Waals surface area contributed by atoms with E-state index in [1.807, 2.05) is 36.5 Å². The van der Waals surface area contributed by atoms with E-state index in [2.05, 4.69) is 5.32 Å². The molecular weight excluding hydrogens is 338 g/mol. The van der Waals surface area contributed by atoms with E-state index in [1.165, 1.54) is 18.2 Å². The summed E-state index contributed by atoms with van der Waals surface area (Å²) in [5.74, 6) is -0.429. The van der Waals surface area contributed by atoms with Crippen molar-refractivity contribution in [2.45, 2.75) is 6.04 Å². The number of likely N-dealkylation sites (N-methyl/N-ethyl adjacent to an activating group) is 1. The van der Waals surface area contributed by atoms with Crippen molar-refractivity contribution < 1.29 is 9.72 Å². The molecule has 1 amide bonds. The fourth-order valence-electron chi connectivity index (χ4n) is 2.10. The Kier molecular flexibility index (Phi) is 5.70. The molecule has 0 saturated carbocycles. The third kappa shape index (κ3) is 4.28. The number of nitro groups is 1. The molecule has 0 bridgehead atoms. The molecular formula is C15H16ClN3O3S. The molecule has 8 heteroatoms. The van der Waals surface area contributed by atoms with E-state index < -0.39 is 10.8 Å². The highest BCUT2D eigenvalue weighted by Crippen LogP contribution is 2.24. The fraction of sp³-hybridized carbons (Fsp3) is 0.267. The summed E-state index contributed by atoms with van der Waals surface area (Å²) in [6.45, 7) is 0.380. The molecule has 0 aliphatic rings. The van der Waals surface area contributed by atoms with Crippen LogP contribution in [0.15, 0.2) is 35.7 Å². The second-order valence-corrected chi connectivity index (χ2v) is 6.51. The number of hydrogen-bond donors (Lipinski definition) is 1. The standard InChI is InChI=1S/C15H16ClN3O3S/c1-18(2)13(14-4-3-7-23-14)9-17-15(20)11-8-10(19(21)22)5-6-12(11)16/h3-8,13H,9H2,1-2H3,(H,17,20). The van der Waals surface area contributed by atoms with Crippen molar-refractivity contribution in [1.29, 1.82) is 0 Å². The molecule has 0 fully saturated rings. The average molecular weight is 354 g/mol. The van der Waals surface area contributed by atoms with Crippen LogP contribution in [0.5, 0.6) is 0 Å². The number of halogens is 1. The number of carbonyl (C=O) groups excluding carboxylic acids is 1. The van der Waals surface area contributed by atoms with E-state index in [1.54, 1.807) is 11.3 Å². The molecule has 122 valence electrons. The van der Waals surface area contributed by atoms with Gasteiger partial charge in [0.2, 0.25) is 0 Å². The van der Waals surface area contributed by atoms with Crippen molar-refractivity contribution in [2.24, 2.45) is 0 Å². The molecule has 0 saturated heterocycles. The number of benzene rings is 1. The van der Waals surface area contributed by atoms with Gasteiger partial charge in [0.05, 0.1) is 21.6 Å². The molecule has 1 aromatic carbocycles. The van der Waals surface area contributed by atoms with Gasteiger partial charge in [0.1, 0.15) is 0 Å². The molecule has 23 heavy (non-hydrogen) atoms. The van der Waals surface area contributed by atoms with Gasteiger partial charge >= 0.3 is 0 Å². The maximum atomic E-state index is 12.3. The second-order valence-electron chi connectivity index (χ2n) is 5.13. The number of non-ortho nitro benzene ring substituents is 1. The lowest BCUT2D eigenvalue weighted by Gasteiger charge is -2.23. The summed E-state index contributed by atoms with van der Waals surface area (Å²) in [4.78, 5) is 25.7. The highest BCUT2D eigenvalue weighted by atomic mass is 35.5. The maximum Gasteiger partial charge on any atom is 0.270 e. The lowest BCUT2D eigenvalue weighted by atomic mass is 10.1. The molecule has 0 aliphatic carbocycles. The van der Waals surface area contributed by atoms with Crippen molar-refractivity contribution in [3.63, 3.8) is 0 Å². The Morgan fingerprint density at radius 3 is 2.74 bits per heavy atom. The van der Waals surface area contributed by atoms with Gasteiger partial charge in [-0.05, 0) is 31.6 Å². The number of amides is 1. The highest BCUT2D eigenvalue weighted by molar-refractivity contribution is 7.10. The Morgan fingerprint density at radius 1 is 1.43 bits per heavy atom. The van der Waals surface area contributed by atoms with Gasteiger partial charge in [-0.15, -0.1) is 11.3 Å². The minimum atomic E-state index is -0.554. The largest absolute Gasteiger partial charge is 0.350 e. The Labute approximate surface area is 142 Å². The molecule has 1 aromatic heterocycles. The van der Waals surface area contributed by atoms with E-state index >= 15 is 0 Å². The summed E-state index contributed by atoms with van der Waals surface area (Å²) in [5.41, 5.74) is -0.0634. The molecule has 1 unspecified atom stereocenters. The van der Waals surface area contributed by atoms with Crippen LogP contribution in [0.4, 0.5) is 5.69 Å². The van der Waals surface area contributed by atoms with Crippen LogP contribution >= 0.6 is 22.9 Å². The van der Waals surface area contributed by atoms with Crippen LogP contribution in [0.25, 0.3) is 0 Å². The van der Waals surface area contributed by atoms with Gasteiger partial charge in [-0.1, -0.05) is 17.7 Å². The van der Waals surface area contributed by atoms with E-state index in [0.29, 0.717) is 6.54 Å². The molecule has 1 heterocycles. The third-order valence-corrected chi connectivity index (χ3v) is 4.66. The number of nitro benzene ring substituents is 1. The predicted molar refractivity (Wildman–Crippen MR) is 91.2 cm³/mol. The maximum absolute atomic E-state index is 12.3. The number of hydrogen-bond acceptors (Lipinski definition) is 5. The molecule has 1 N–H and O–H groups in total. The molecule has 2 rings (SSSR count). The van der Waals surface area contributed by atoms with Crippen LogP contribution in [0.1, 0.15) is 21.3 Å². The monoisotopic (exact) mass is 353 g/mol. The number of nitrogens with zero attached hydrogens (tertiary/aromatic N) is 2. The first-order chi connectivity index (χ1) is 10.9. The molecule has 0 radical (unpaired) electrons. The summed E-state index contributed by atoms with van der Waals surface area (Å²) in [7, 11) is 3.85. The minimum absolute atomic E-state index is 0.0245. The smallest absolute Gasteiger partial charge is 0.270 e. The number of nitrogens with one attached hydrogen (secondary N) is 1. The van der Waals surface area contributed by atoms with Crippen molar-refractivity contribution in [2.75, 3.05) is 20.6 Å². The first-order valence-corrected chi connectivity index (χ1v) is 8.08. The van der Waals surface area contributed by atoms with Crippen molar-refractivity contribution in [1.82, 2.24) is 10.2 Å². The Bertz CT molecular complexity index is 704. The number of thiophene rings is 1. The molecule has 1 atom stereocenters. The van der Waals surface area contributed by atoms with Crippen molar-refractivity contribution >= 4 is 34.5 Å². The Hall–Kier alpha value is -1.96. The van der Waals surface area contributed by atoms with E-state index in [-0.39, 0.29) is 22.3 Å². The van der Waals surface area contributed by atoms with Crippen LogP contribution in [-0.4, -0.2) is 36.4 Å². The van der Waals surface area contributed by atoms with Crippen LogP contribution < -0.4 is 5.32 Å². The number of rotatable bonds is 6. The van der Waals surface area contributed by atoms with Gasteiger partial charge in [0.25, 0.3) is 11.6 Å². The molecule has 2 aromatic rings. The Morgan fingerprint density at radius 2 is 2.17 bits per heavy atom. The van der Waals surface area contributed by atoms with Gasteiger partial charge in [0, 0.05) is 23.6 Å². The number of carbonyl (C=O) groups is 1. The second kappa shape index (κ2) is 7.54. The van der Waals surface area contributed by atoms with Gasteiger partial charge in [-0.25, -0.2) is 0 Å². The minimum Gasteiger partial charge on any atom is -0.350 e. The molecule has 0 spiro atoms. The lowest BCUT2D eigenvalue weighted by molar-refractivity contribution is -0.384. The third-order valence-electron chi connectivity index (χ3n) is 3.36. The SMILES string of the molecule is CN(C)C(CNC(=O)c1cc([N+](=O)[O-])ccc1Cl)c1cccs1. The quantitative estimate of drug-likeness (QED) is 0.638. The van der Waals surface area contributed by atoms with Crippen LogP contribution in [0, 0.1) is 10.1 Å². The zero-order chi connectivity index (χ0) is 17.0. The van der Waals surface area contributed by atoms with Gasteiger partial charge in [-0.3, -0.25) is 14.9 Å². The normalized spacial score (nSPS) is 12.2. The van der Waals surface area contributed by atoms with Crippen LogP contribution in [-0.2, 0) is 0 Å². The summed E-state index contributed by atoms with van der Waals surface area (Å²) in [6, 6.07) is 7.80. The van der Waals surface area contributed by atoms with Gasteiger partial charge < -0.3 is 10.2 Å². The van der Waals surface area contributed by atoms with Gasteiger partial charge in [0.15, 0.2) is 0 Å². The van der Waals surface area contributed by atoms with Crippen LogP contribution in [0.3, 0.4) is 0 Å². The average Bonchev–Trinajstić information content (AvgIpc) is 3.01. The molecule has 6 nitrogen and oxygen atoms in total. The van der Waals surface area contributed by atoms with Gasteiger partial charge in [-0.2, -0.15) is 0 Å². The predicted octanol–water partition coefficient (Wildman–Crippen LogP) is 3.34. The lowest BCUT2D eigenvalue weighted by Crippen LogP contribution is -2.34. The summed E-state index contributed by atoms with van der Waals surface area (Å²) in [6.07, 6.45) is 0. The summed E-state index contributed by atoms with van der Waals surface area (Å²) >= 11 is 7.59. The zero-order valence-corrected chi connectivity index (χ0v) is 14.2. The molecule has 0 aliphatic heterocycles. The van der Waals surface area contributed by atoms with E-state index in [4.69, 9.17) is 11.6 Å². The van der Waals surface area contributed by atoms with E-state index in [9.17, 15) is 14.9 Å². The summed E-state index contributed by atoms with van der Waals surface area (Å²) in [5, 5.41) is 15.8. The van der Waals surface area contributed by atoms with Crippen LogP contribution in [0.2, 0.25) is 5.02 Å². The van der Waals surface area contributed by atoms with Crippen molar-refractivity contribution in [3.05, 3.63) is 61.3 Å². The summed E-state index contributed by atoms with van der Waals surface area (Å²) < 4.78 is 0. The van der Waals surface area contributed by atoms with Crippen molar-refractivity contribution in [3.8, 4) is 0 Å².